The number of piperidine rings is 1. The highest BCUT2D eigenvalue weighted by atomic mass is 19.2. The molecule has 2 aliphatic heterocycles. The number of aliphatic imine (C=N–C) groups is 1. The number of aromatic nitrogens is 4. The molecule has 3 atom stereocenters. The molecule has 2 aliphatic rings. The number of rotatable bonds is 6. The Morgan fingerprint density at radius 2 is 1.82 bits per heavy atom. The summed E-state index contributed by atoms with van der Waals surface area (Å²) in [5, 5.41) is 9.77. The van der Waals surface area contributed by atoms with E-state index in [1.807, 2.05) is 6.92 Å². The Morgan fingerprint density at radius 3 is 2.42 bits per heavy atom. The van der Waals surface area contributed by atoms with Crippen LogP contribution in [0.2, 0.25) is 0 Å². The first kappa shape index (κ1) is 29.8. The quantitative estimate of drug-likeness (QED) is 0.167. The van der Waals surface area contributed by atoms with Gasteiger partial charge in [0.15, 0.2) is 23.0 Å². The van der Waals surface area contributed by atoms with E-state index >= 15 is 0 Å². The van der Waals surface area contributed by atoms with Crippen LogP contribution < -0.4 is 21.6 Å². The molecule has 0 radical (unpaired) electrons. The van der Waals surface area contributed by atoms with Gasteiger partial charge < -0.3 is 21.1 Å². The van der Waals surface area contributed by atoms with Crippen molar-refractivity contribution in [3.05, 3.63) is 59.6 Å². The zero-order valence-corrected chi connectivity index (χ0v) is 24.9. The van der Waals surface area contributed by atoms with Crippen LogP contribution in [0.1, 0.15) is 55.6 Å². The number of pyridine rings is 1. The molecule has 12 nitrogen and oxygen atoms in total. The lowest BCUT2D eigenvalue weighted by molar-refractivity contribution is -0.129. The summed E-state index contributed by atoms with van der Waals surface area (Å²) in [6, 6.07) is 5.72. The largest absolute Gasteiger partial charge is 0.494 e. The predicted molar refractivity (Wildman–Crippen MR) is 162 cm³/mol. The van der Waals surface area contributed by atoms with Gasteiger partial charge >= 0.3 is 11.7 Å². The van der Waals surface area contributed by atoms with Gasteiger partial charge in [0.25, 0.3) is 6.34 Å². The van der Waals surface area contributed by atoms with Crippen molar-refractivity contribution in [3.8, 4) is 28.1 Å². The molecule has 0 saturated carbocycles. The number of amidine groups is 1. The summed E-state index contributed by atoms with van der Waals surface area (Å²) in [6.07, 6.45) is 6.68. The Bertz CT molecular complexity index is 1890. The molecule has 4 aromatic rings. The van der Waals surface area contributed by atoms with Crippen LogP contribution >= 0.6 is 0 Å². The molecule has 232 valence electrons. The van der Waals surface area contributed by atoms with Crippen molar-refractivity contribution in [1.29, 1.82) is 0 Å². The number of nitrogens with two attached hydrogens (primary N) is 3. The summed E-state index contributed by atoms with van der Waals surface area (Å²) in [7, 11) is 1.26. The number of benzene rings is 1. The SMILES string of the molecule is COc1ccc(-c2ccc(-c3cnn4c(N)c(C(C)=O)c(C5(C)C[C@H]6CC[C@@H](C5)N6C(=O)C(N)=NC=[NH2+])nc34)cn2)c(F)c1F. The van der Waals surface area contributed by atoms with Crippen molar-refractivity contribution >= 4 is 35.3 Å². The third-order valence-electron chi connectivity index (χ3n) is 8.88. The number of carbonyl (C=O) groups is 2. The zero-order chi connectivity index (χ0) is 32.2. The Balaban J connectivity index is 1.40. The number of anilines is 1. The normalized spacial score (nSPS) is 21.3. The van der Waals surface area contributed by atoms with Crippen LogP contribution in [0, 0.1) is 11.6 Å². The fourth-order valence-corrected chi connectivity index (χ4v) is 6.88. The molecule has 2 saturated heterocycles. The summed E-state index contributed by atoms with van der Waals surface area (Å²) in [6.45, 7) is 3.47. The van der Waals surface area contributed by atoms with E-state index in [4.69, 9.17) is 26.6 Å². The maximum absolute atomic E-state index is 14.7. The average molecular weight is 617 g/mol. The third kappa shape index (κ3) is 4.76. The molecule has 5 heterocycles. The number of nitrogen functional groups attached to an aromatic ring is 1. The summed E-state index contributed by atoms with van der Waals surface area (Å²) in [4.78, 5) is 41.1. The van der Waals surface area contributed by atoms with Gasteiger partial charge in [-0.1, -0.05) is 13.0 Å². The minimum atomic E-state index is -1.10. The van der Waals surface area contributed by atoms with Crippen molar-refractivity contribution in [1.82, 2.24) is 24.5 Å². The lowest BCUT2D eigenvalue weighted by Gasteiger charge is -2.44. The van der Waals surface area contributed by atoms with Crippen molar-refractivity contribution in [2.24, 2.45) is 10.7 Å². The molecule has 1 unspecified atom stereocenters. The number of fused-ring (bicyclic) bond motifs is 3. The number of amides is 1. The maximum Gasteiger partial charge on any atom is 0.316 e. The lowest BCUT2D eigenvalue weighted by atomic mass is 9.72. The Kier molecular flexibility index (Phi) is 7.29. The van der Waals surface area contributed by atoms with Gasteiger partial charge in [0.05, 0.1) is 30.3 Å². The fourth-order valence-electron chi connectivity index (χ4n) is 6.88. The molecule has 14 heteroatoms. The van der Waals surface area contributed by atoms with Crippen molar-refractivity contribution < 1.29 is 28.5 Å². The fraction of sp³-hybridized carbons (Fsp3) is 0.323. The Labute approximate surface area is 256 Å². The minimum Gasteiger partial charge on any atom is -0.494 e. The van der Waals surface area contributed by atoms with E-state index in [-0.39, 0.29) is 58.0 Å². The van der Waals surface area contributed by atoms with Crippen LogP contribution in [0.3, 0.4) is 0 Å². The van der Waals surface area contributed by atoms with E-state index in [0.29, 0.717) is 35.3 Å². The van der Waals surface area contributed by atoms with E-state index in [1.54, 1.807) is 23.2 Å². The molecule has 2 fully saturated rings. The van der Waals surface area contributed by atoms with Gasteiger partial charge in [-0.15, -0.1) is 0 Å². The number of nitrogens with zero attached hydrogens (tertiary/aromatic N) is 6. The van der Waals surface area contributed by atoms with Gasteiger partial charge in [0.1, 0.15) is 5.82 Å². The number of ketones is 1. The van der Waals surface area contributed by atoms with Crippen LogP contribution in [0.4, 0.5) is 14.6 Å². The third-order valence-corrected chi connectivity index (χ3v) is 8.88. The van der Waals surface area contributed by atoms with Gasteiger partial charge in [-0.25, -0.2) is 9.37 Å². The molecule has 6 N–H and O–H groups in total. The highest BCUT2D eigenvalue weighted by Gasteiger charge is 2.51. The van der Waals surface area contributed by atoms with E-state index in [9.17, 15) is 18.4 Å². The number of Topliss-reactive ketones (excluding diaryl/α,β-unsaturated/α-hetero) is 1. The Hall–Kier alpha value is -5.27. The molecular weight excluding hydrogens is 584 g/mol. The topological polar surface area (TPSA) is 180 Å². The standard InChI is InChI=1S/C31H31F2N9O3/c1-15(43)23-26(31(2)10-17-5-6-18(11-31)41(17)30(44)27(35)38-14-34)40-29-20(13-39-42(29)28(23)36)16-4-8-21(37-12-16)19-7-9-22(45-3)25(33)24(19)32/h4,7-9,12-14,17-18H,5-6,10-11,36H2,1-3H3,(H3,34,35,38)/p+1/t17-,18+,31?. The maximum atomic E-state index is 14.7. The summed E-state index contributed by atoms with van der Waals surface area (Å²) < 4.78 is 35.3. The molecule has 1 aromatic carbocycles. The molecule has 6 rings (SSSR count). The minimum absolute atomic E-state index is 0.0166. The number of hydrogen-bond acceptors (Lipinski definition) is 7. The predicted octanol–water partition coefficient (Wildman–Crippen LogP) is 2.09. The monoisotopic (exact) mass is 616 g/mol. The zero-order valence-electron chi connectivity index (χ0n) is 24.9. The van der Waals surface area contributed by atoms with Crippen molar-refractivity contribution in [2.45, 2.75) is 57.0 Å². The van der Waals surface area contributed by atoms with Crippen molar-refractivity contribution in [2.75, 3.05) is 12.8 Å². The molecule has 45 heavy (non-hydrogen) atoms. The van der Waals surface area contributed by atoms with Gasteiger partial charge in [-0.3, -0.25) is 20.0 Å². The van der Waals surface area contributed by atoms with Crippen LogP contribution in [0.25, 0.3) is 28.0 Å². The summed E-state index contributed by atoms with van der Waals surface area (Å²) >= 11 is 0. The first-order valence-electron chi connectivity index (χ1n) is 14.4. The first-order chi connectivity index (χ1) is 21.5. The molecule has 0 spiro atoms. The van der Waals surface area contributed by atoms with E-state index in [0.717, 1.165) is 19.2 Å². The van der Waals surface area contributed by atoms with Gasteiger partial charge in [0, 0.05) is 40.4 Å². The lowest BCUT2D eigenvalue weighted by Crippen LogP contribution is -2.54. The van der Waals surface area contributed by atoms with Gasteiger partial charge in [0.2, 0.25) is 5.82 Å². The van der Waals surface area contributed by atoms with Crippen LogP contribution in [-0.4, -0.2) is 67.5 Å². The van der Waals surface area contributed by atoms with Crippen molar-refractivity contribution in [3.63, 3.8) is 0 Å². The Morgan fingerprint density at radius 1 is 1.11 bits per heavy atom. The average Bonchev–Trinajstić information content (AvgIpc) is 3.57. The second-order valence-electron chi connectivity index (χ2n) is 11.7. The number of hydrogen-bond donors (Lipinski definition) is 3. The van der Waals surface area contributed by atoms with Gasteiger partial charge in [-0.05, 0) is 55.8 Å². The molecule has 1 amide bonds. The van der Waals surface area contributed by atoms with E-state index < -0.39 is 17.0 Å². The van der Waals surface area contributed by atoms with Crippen LogP contribution in [0.5, 0.6) is 5.75 Å². The molecule has 3 aromatic heterocycles. The second kappa shape index (κ2) is 11.0. The summed E-state index contributed by atoms with van der Waals surface area (Å²) in [5.41, 5.74) is 14.5. The first-order valence-corrected chi connectivity index (χ1v) is 14.4. The van der Waals surface area contributed by atoms with Gasteiger partial charge in [-0.2, -0.15) is 14.0 Å². The second-order valence-corrected chi connectivity index (χ2v) is 11.7. The number of carbonyl (C=O) groups excluding carboxylic acids is 2. The van der Waals surface area contributed by atoms with Crippen LogP contribution in [0.15, 0.2) is 41.7 Å². The highest BCUT2D eigenvalue weighted by molar-refractivity contribution is 6.38. The van der Waals surface area contributed by atoms with Crippen LogP contribution in [-0.2, 0) is 10.2 Å². The highest BCUT2D eigenvalue weighted by Crippen LogP contribution is 2.48. The van der Waals surface area contributed by atoms with E-state index in [1.165, 1.54) is 36.9 Å². The van der Waals surface area contributed by atoms with E-state index in [2.05, 4.69) is 15.1 Å². The molecule has 2 bridgehead atoms. The molecular formula is C31H32F2N9O3+. The molecule has 0 aliphatic carbocycles. The number of ether oxygens (including phenoxy) is 1. The number of halogens is 2. The summed E-state index contributed by atoms with van der Waals surface area (Å²) in [5.74, 6) is -3.01. The number of methoxy groups -OCH3 is 1. The smallest absolute Gasteiger partial charge is 0.316 e.